The number of hydrogen-bond acceptors (Lipinski definition) is 3. The van der Waals surface area contributed by atoms with E-state index in [1.54, 1.807) is 12.1 Å². The van der Waals surface area contributed by atoms with Crippen LogP contribution in [-0.4, -0.2) is 14.3 Å². The van der Waals surface area contributed by atoms with Gasteiger partial charge in [-0.3, -0.25) is 9.52 Å². The fraction of sp³-hybridized carbons (Fsp3) is 0.0500. The van der Waals surface area contributed by atoms with Gasteiger partial charge < -0.3 is 5.32 Å². The van der Waals surface area contributed by atoms with E-state index in [9.17, 15) is 13.2 Å². The number of aryl methyl sites for hydroxylation is 1. The second-order valence-corrected chi connectivity index (χ2v) is 8.60. The summed E-state index contributed by atoms with van der Waals surface area (Å²) in [6, 6.07) is 17.4. The monoisotopic (exact) mass is 434 g/mol. The SMILES string of the molecule is Cc1ccc(NC(=O)c2ccc(NS(=O)(=O)c3ccc(Cl)cc3)cc2Cl)cc1. The lowest BCUT2D eigenvalue weighted by Crippen LogP contribution is -2.14. The Morgan fingerprint density at radius 1 is 0.857 bits per heavy atom. The maximum Gasteiger partial charge on any atom is 0.261 e. The van der Waals surface area contributed by atoms with Crippen LogP contribution in [0.5, 0.6) is 0 Å². The van der Waals surface area contributed by atoms with E-state index in [-0.39, 0.29) is 27.1 Å². The lowest BCUT2D eigenvalue weighted by molar-refractivity contribution is 0.102. The molecule has 0 aliphatic heterocycles. The molecule has 3 aromatic carbocycles. The van der Waals surface area contributed by atoms with Crippen LogP contribution in [0, 0.1) is 6.92 Å². The summed E-state index contributed by atoms with van der Waals surface area (Å²) in [6.45, 7) is 1.95. The van der Waals surface area contributed by atoms with Crippen LogP contribution in [0.4, 0.5) is 11.4 Å². The molecule has 0 aliphatic carbocycles. The molecule has 8 heteroatoms. The molecule has 2 N–H and O–H groups in total. The summed E-state index contributed by atoms with van der Waals surface area (Å²) < 4.78 is 27.3. The van der Waals surface area contributed by atoms with Crippen LogP contribution < -0.4 is 10.0 Å². The molecule has 3 aromatic rings. The van der Waals surface area contributed by atoms with Crippen molar-refractivity contribution in [3.05, 3.63) is 87.9 Å². The standard InChI is InChI=1S/C20H16Cl2N2O3S/c1-13-2-6-15(7-3-13)23-20(25)18-11-8-16(12-19(18)22)24-28(26,27)17-9-4-14(21)5-10-17/h2-12,24H,1H3,(H,23,25). The molecule has 0 aliphatic rings. The largest absolute Gasteiger partial charge is 0.322 e. The first kappa shape index (κ1) is 20.2. The van der Waals surface area contributed by atoms with Crippen molar-refractivity contribution in [2.75, 3.05) is 10.0 Å². The number of anilines is 2. The number of rotatable bonds is 5. The Balaban J connectivity index is 1.77. The first-order valence-corrected chi connectivity index (χ1v) is 10.4. The predicted molar refractivity (Wildman–Crippen MR) is 113 cm³/mol. The van der Waals surface area contributed by atoms with Gasteiger partial charge in [-0.05, 0) is 61.5 Å². The third kappa shape index (κ3) is 4.84. The van der Waals surface area contributed by atoms with Crippen LogP contribution in [0.1, 0.15) is 15.9 Å². The van der Waals surface area contributed by atoms with Crippen molar-refractivity contribution >= 4 is 50.5 Å². The van der Waals surface area contributed by atoms with Crippen LogP contribution >= 0.6 is 23.2 Å². The molecule has 0 atom stereocenters. The van der Waals surface area contributed by atoms with E-state index < -0.39 is 10.0 Å². The normalized spacial score (nSPS) is 11.1. The molecular weight excluding hydrogens is 419 g/mol. The smallest absolute Gasteiger partial charge is 0.261 e. The predicted octanol–water partition coefficient (Wildman–Crippen LogP) is 5.35. The van der Waals surface area contributed by atoms with Gasteiger partial charge >= 0.3 is 0 Å². The van der Waals surface area contributed by atoms with Crippen LogP contribution in [0.2, 0.25) is 10.0 Å². The van der Waals surface area contributed by atoms with E-state index >= 15 is 0 Å². The molecule has 0 saturated carbocycles. The quantitative estimate of drug-likeness (QED) is 0.567. The zero-order chi connectivity index (χ0) is 20.3. The fourth-order valence-electron chi connectivity index (χ4n) is 2.43. The minimum Gasteiger partial charge on any atom is -0.322 e. The van der Waals surface area contributed by atoms with Crippen molar-refractivity contribution in [2.45, 2.75) is 11.8 Å². The van der Waals surface area contributed by atoms with Crippen molar-refractivity contribution in [3.63, 3.8) is 0 Å². The molecule has 0 bridgehead atoms. The van der Waals surface area contributed by atoms with Gasteiger partial charge in [0, 0.05) is 10.7 Å². The van der Waals surface area contributed by atoms with E-state index in [0.29, 0.717) is 10.7 Å². The summed E-state index contributed by atoms with van der Waals surface area (Å²) in [7, 11) is -3.80. The third-order valence-corrected chi connectivity index (χ3v) is 5.86. The second kappa shape index (κ2) is 8.22. The summed E-state index contributed by atoms with van der Waals surface area (Å²) >= 11 is 12.0. The van der Waals surface area contributed by atoms with Gasteiger partial charge in [0.1, 0.15) is 0 Å². The molecule has 144 valence electrons. The van der Waals surface area contributed by atoms with Gasteiger partial charge in [-0.1, -0.05) is 40.9 Å². The molecular formula is C20H16Cl2N2O3S. The number of halogens is 2. The van der Waals surface area contributed by atoms with E-state index in [1.165, 1.54) is 42.5 Å². The lowest BCUT2D eigenvalue weighted by atomic mass is 10.1. The number of hydrogen-bond donors (Lipinski definition) is 2. The average Bonchev–Trinajstić information content (AvgIpc) is 2.63. The minimum absolute atomic E-state index is 0.0641. The highest BCUT2D eigenvalue weighted by Crippen LogP contribution is 2.25. The highest BCUT2D eigenvalue weighted by Gasteiger charge is 2.16. The van der Waals surface area contributed by atoms with Crippen LogP contribution in [0.25, 0.3) is 0 Å². The number of carbonyl (C=O) groups is 1. The zero-order valence-electron chi connectivity index (χ0n) is 14.7. The highest BCUT2D eigenvalue weighted by molar-refractivity contribution is 7.92. The van der Waals surface area contributed by atoms with Gasteiger partial charge in [0.2, 0.25) is 0 Å². The lowest BCUT2D eigenvalue weighted by Gasteiger charge is -2.11. The summed E-state index contributed by atoms with van der Waals surface area (Å²) in [5, 5.41) is 3.31. The van der Waals surface area contributed by atoms with E-state index in [0.717, 1.165) is 5.56 Å². The van der Waals surface area contributed by atoms with Gasteiger partial charge in [0.25, 0.3) is 15.9 Å². The maximum absolute atomic E-state index is 12.4. The van der Waals surface area contributed by atoms with Gasteiger partial charge in [-0.25, -0.2) is 8.42 Å². The van der Waals surface area contributed by atoms with Crippen molar-refractivity contribution < 1.29 is 13.2 Å². The first-order chi connectivity index (χ1) is 13.2. The Morgan fingerprint density at radius 2 is 1.46 bits per heavy atom. The first-order valence-electron chi connectivity index (χ1n) is 8.20. The Kier molecular flexibility index (Phi) is 5.93. The van der Waals surface area contributed by atoms with E-state index in [4.69, 9.17) is 23.2 Å². The van der Waals surface area contributed by atoms with E-state index in [2.05, 4.69) is 10.0 Å². The number of amides is 1. The maximum atomic E-state index is 12.4. The van der Waals surface area contributed by atoms with Crippen LogP contribution in [0.3, 0.4) is 0 Å². The topological polar surface area (TPSA) is 75.3 Å². The van der Waals surface area contributed by atoms with Gasteiger partial charge in [0.05, 0.1) is 21.2 Å². The molecule has 1 amide bonds. The number of carbonyl (C=O) groups excluding carboxylic acids is 1. The Labute approximate surface area is 173 Å². The summed E-state index contributed by atoms with van der Waals surface area (Å²) in [5.74, 6) is -0.388. The fourth-order valence-corrected chi connectivity index (χ4v) is 3.87. The molecule has 0 spiro atoms. The molecule has 0 aromatic heterocycles. The van der Waals surface area contributed by atoms with Crippen molar-refractivity contribution in [2.24, 2.45) is 0 Å². The third-order valence-electron chi connectivity index (χ3n) is 3.90. The minimum atomic E-state index is -3.80. The second-order valence-electron chi connectivity index (χ2n) is 6.07. The summed E-state index contributed by atoms with van der Waals surface area (Å²) in [6.07, 6.45) is 0. The average molecular weight is 435 g/mol. The molecule has 0 unspecified atom stereocenters. The van der Waals surface area contributed by atoms with Crippen molar-refractivity contribution in [1.29, 1.82) is 0 Å². The molecule has 0 saturated heterocycles. The zero-order valence-corrected chi connectivity index (χ0v) is 17.1. The van der Waals surface area contributed by atoms with Crippen LogP contribution in [0.15, 0.2) is 71.6 Å². The molecule has 0 fully saturated rings. The van der Waals surface area contributed by atoms with E-state index in [1.807, 2.05) is 19.1 Å². The van der Waals surface area contributed by atoms with Gasteiger partial charge in [-0.15, -0.1) is 0 Å². The number of nitrogens with one attached hydrogen (secondary N) is 2. The van der Waals surface area contributed by atoms with Crippen molar-refractivity contribution in [3.8, 4) is 0 Å². The molecule has 0 heterocycles. The highest BCUT2D eigenvalue weighted by atomic mass is 35.5. The van der Waals surface area contributed by atoms with Gasteiger partial charge in [0.15, 0.2) is 0 Å². The molecule has 3 rings (SSSR count). The number of benzene rings is 3. The number of sulfonamides is 1. The molecule has 5 nitrogen and oxygen atoms in total. The Morgan fingerprint density at radius 3 is 2.07 bits per heavy atom. The van der Waals surface area contributed by atoms with Crippen molar-refractivity contribution in [1.82, 2.24) is 0 Å². The molecule has 28 heavy (non-hydrogen) atoms. The van der Waals surface area contributed by atoms with Crippen LogP contribution in [-0.2, 0) is 10.0 Å². The Bertz CT molecular complexity index is 1110. The Hall–Kier alpha value is -2.54. The molecule has 0 radical (unpaired) electrons. The summed E-state index contributed by atoms with van der Waals surface area (Å²) in [4.78, 5) is 12.5. The summed E-state index contributed by atoms with van der Waals surface area (Å²) in [5.41, 5.74) is 2.19. The van der Waals surface area contributed by atoms with Gasteiger partial charge in [-0.2, -0.15) is 0 Å².